The molecule has 1 N–H and O–H groups in total. The second-order valence-electron chi connectivity index (χ2n) is 7.65. The van der Waals surface area contributed by atoms with Crippen LogP contribution in [0.4, 0.5) is 11.4 Å². The lowest BCUT2D eigenvalue weighted by Crippen LogP contribution is -2.48. The number of hydrogen-bond acceptors (Lipinski definition) is 5. The van der Waals surface area contributed by atoms with Crippen LogP contribution in [0.2, 0.25) is 0 Å². The van der Waals surface area contributed by atoms with Crippen LogP contribution < -0.4 is 19.1 Å². The van der Waals surface area contributed by atoms with Crippen molar-refractivity contribution < 1.29 is 22.7 Å². The molecule has 4 rings (SSSR count). The Morgan fingerprint density at radius 2 is 1.75 bits per heavy atom. The van der Waals surface area contributed by atoms with Crippen LogP contribution >= 0.6 is 0 Å². The SMILES string of the molecule is COc1cccc(NC(=O)[C@@H]2CN(S(=O)(=O)c3ccc(C)cc3)c3ccc(C)cc3O2)c1. The summed E-state index contributed by atoms with van der Waals surface area (Å²) in [5, 5.41) is 2.79. The van der Waals surface area contributed by atoms with E-state index in [2.05, 4.69) is 5.32 Å². The fraction of sp³-hybridized carbons (Fsp3) is 0.208. The first-order chi connectivity index (χ1) is 15.3. The third kappa shape index (κ3) is 4.27. The van der Waals surface area contributed by atoms with Crippen molar-refractivity contribution in [3.8, 4) is 11.5 Å². The van der Waals surface area contributed by atoms with Gasteiger partial charge in [0.15, 0.2) is 6.10 Å². The Labute approximate surface area is 187 Å². The van der Waals surface area contributed by atoms with Crippen LogP contribution in [0.25, 0.3) is 0 Å². The predicted molar refractivity (Wildman–Crippen MR) is 123 cm³/mol. The number of carbonyl (C=O) groups excluding carboxylic acids is 1. The molecule has 1 heterocycles. The molecule has 0 spiro atoms. The lowest BCUT2D eigenvalue weighted by atomic mass is 10.1. The van der Waals surface area contributed by atoms with Crippen molar-refractivity contribution in [2.24, 2.45) is 0 Å². The average Bonchev–Trinajstić information content (AvgIpc) is 2.78. The van der Waals surface area contributed by atoms with E-state index in [1.807, 2.05) is 19.9 Å². The molecule has 166 valence electrons. The summed E-state index contributed by atoms with van der Waals surface area (Å²) in [6, 6.07) is 18.8. The molecule has 1 aliphatic rings. The van der Waals surface area contributed by atoms with E-state index in [4.69, 9.17) is 9.47 Å². The smallest absolute Gasteiger partial charge is 0.267 e. The predicted octanol–water partition coefficient (Wildman–Crippen LogP) is 3.91. The van der Waals surface area contributed by atoms with E-state index in [1.165, 1.54) is 11.4 Å². The van der Waals surface area contributed by atoms with E-state index >= 15 is 0 Å². The number of amides is 1. The van der Waals surface area contributed by atoms with Gasteiger partial charge in [-0.05, 0) is 55.8 Å². The summed E-state index contributed by atoms with van der Waals surface area (Å²) in [6.07, 6.45) is -1.03. The zero-order valence-electron chi connectivity index (χ0n) is 18.0. The summed E-state index contributed by atoms with van der Waals surface area (Å²) < 4.78 is 39.3. The first-order valence-corrected chi connectivity index (χ1v) is 11.5. The van der Waals surface area contributed by atoms with Gasteiger partial charge in [0.1, 0.15) is 11.5 Å². The van der Waals surface area contributed by atoms with Gasteiger partial charge in [0.25, 0.3) is 15.9 Å². The zero-order chi connectivity index (χ0) is 22.9. The molecule has 0 aliphatic carbocycles. The Balaban J connectivity index is 1.68. The molecule has 32 heavy (non-hydrogen) atoms. The molecule has 1 amide bonds. The monoisotopic (exact) mass is 452 g/mol. The van der Waals surface area contributed by atoms with E-state index in [9.17, 15) is 13.2 Å². The number of nitrogens with one attached hydrogen (secondary N) is 1. The molecule has 8 heteroatoms. The Morgan fingerprint density at radius 3 is 2.47 bits per heavy atom. The number of methoxy groups -OCH3 is 1. The topological polar surface area (TPSA) is 84.9 Å². The molecule has 0 radical (unpaired) electrons. The highest BCUT2D eigenvalue weighted by Crippen LogP contribution is 2.38. The van der Waals surface area contributed by atoms with Crippen LogP contribution in [-0.4, -0.2) is 34.1 Å². The van der Waals surface area contributed by atoms with Crippen molar-refractivity contribution in [2.45, 2.75) is 24.8 Å². The Kier molecular flexibility index (Phi) is 5.80. The highest BCUT2D eigenvalue weighted by Gasteiger charge is 2.37. The number of hydrogen-bond donors (Lipinski definition) is 1. The summed E-state index contributed by atoms with van der Waals surface area (Å²) in [6.45, 7) is 3.62. The van der Waals surface area contributed by atoms with Gasteiger partial charge in [0.2, 0.25) is 0 Å². The van der Waals surface area contributed by atoms with Crippen molar-refractivity contribution in [1.29, 1.82) is 0 Å². The minimum absolute atomic E-state index is 0.151. The van der Waals surface area contributed by atoms with Gasteiger partial charge < -0.3 is 14.8 Å². The fourth-order valence-corrected chi connectivity index (χ4v) is 4.96. The molecular weight excluding hydrogens is 428 g/mol. The van der Waals surface area contributed by atoms with Gasteiger partial charge in [0, 0.05) is 11.8 Å². The maximum absolute atomic E-state index is 13.5. The van der Waals surface area contributed by atoms with Crippen LogP contribution in [0.5, 0.6) is 11.5 Å². The Morgan fingerprint density at radius 1 is 1.03 bits per heavy atom. The molecule has 0 saturated heterocycles. The van der Waals surface area contributed by atoms with Crippen molar-refractivity contribution in [2.75, 3.05) is 23.3 Å². The van der Waals surface area contributed by atoms with Crippen molar-refractivity contribution in [3.05, 3.63) is 77.9 Å². The molecule has 3 aromatic rings. The second-order valence-corrected chi connectivity index (χ2v) is 9.51. The number of sulfonamides is 1. The Bertz CT molecular complexity index is 1260. The van der Waals surface area contributed by atoms with E-state index in [1.54, 1.807) is 60.7 Å². The highest BCUT2D eigenvalue weighted by molar-refractivity contribution is 7.92. The molecule has 0 saturated carbocycles. The first kappa shape index (κ1) is 21.7. The van der Waals surface area contributed by atoms with Crippen molar-refractivity contribution in [3.63, 3.8) is 0 Å². The van der Waals surface area contributed by atoms with E-state index in [-0.39, 0.29) is 11.4 Å². The summed E-state index contributed by atoms with van der Waals surface area (Å²) in [7, 11) is -2.36. The number of fused-ring (bicyclic) bond motifs is 1. The molecule has 1 atom stereocenters. The normalized spacial score (nSPS) is 15.5. The number of carbonyl (C=O) groups is 1. The average molecular weight is 453 g/mol. The zero-order valence-corrected chi connectivity index (χ0v) is 18.8. The van der Waals surface area contributed by atoms with Gasteiger partial charge in [-0.3, -0.25) is 9.10 Å². The van der Waals surface area contributed by atoms with Gasteiger partial charge in [-0.25, -0.2) is 8.42 Å². The largest absolute Gasteiger partial charge is 0.497 e. The van der Waals surface area contributed by atoms with Crippen LogP contribution in [0.1, 0.15) is 11.1 Å². The molecule has 0 unspecified atom stereocenters. The first-order valence-electron chi connectivity index (χ1n) is 10.1. The maximum atomic E-state index is 13.5. The molecule has 3 aromatic carbocycles. The second kappa shape index (κ2) is 8.55. The quantitative estimate of drug-likeness (QED) is 0.635. The van der Waals surface area contributed by atoms with Crippen molar-refractivity contribution in [1.82, 2.24) is 0 Å². The Hall–Kier alpha value is -3.52. The molecule has 0 aromatic heterocycles. The minimum Gasteiger partial charge on any atom is -0.497 e. The highest BCUT2D eigenvalue weighted by atomic mass is 32.2. The number of benzene rings is 3. The van der Waals surface area contributed by atoms with Gasteiger partial charge >= 0.3 is 0 Å². The molecular formula is C24H24N2O5S. The van der Waals surface area contributed by atoms with Crippen LogP contribution in [0, 0.1) is 13.8 Å². The van der Waals surface area contributed by atoms with Gasteiger partial charge in [0.05, 0.1) is 24.2 Å². The van der Waals surface area contributed by atoms with Crippen LogP contribution in [0.3, 0.4) is 0 Å². The van der Waals surface area contributed by atoms with E-state index in [0.717, 1.165) is 11.1 Å². The van der Waals surface area contributed by atoms with Crippen LogP contribution in [0.15, 0.2) is 71.6 Å². The van der Waals surface area contributed by atoms with Crippen LogP contribution in [-0.2, 0) is 14.8 Å². The van der Waals surface area contributed by atoms with Gasteiger partial charge in [-0.15, -0.1) is 0 Å². The van der Waals surface area contributed by atoms with Crippen molar-refractivity contribution >= 4 is 27.3 Å². The molecule has 0 bridgehead atoms. The number of rotatable bonds is 5. The summed E-state index contributed by atoms with van der Waals surface area (Å²) in [5.41, 5.74) is 2.78. The van der Waals surface area contributed by atoms with E-state index < -0.39 is 22.0 Å². The third-order valence-corrected chi connectivity index (χ3v) is 7.02. The standard InChI is InChI=1S/C24H24N2O5S/c1-16-7-10-20(11-8-16)32(28,29)26-15-23(31-22-13-17(2)9-12-21(22)26)24(27)25-18-5-4-6-19(14-18)30-3/h4-14,23H,15H2,1-3H3,(H,25,27)/t23-/m0/s1. The summed E-state index contributed by atoms with van der Waals surface area (Å²) in [4.78, 5) is 13.2. The number of nitrogens with zero attached hydrogens (tertiary/aromatic N) is 1. The number of anilines is 2. The summed E-state index contributed by atoms with van der Waals surface area (Å²) in [5.74, 6) is 0.490. The van der Waals surface area contributed by atoms with Gasteiger partial charge in [-0.1, -0.05) is 29.8 Å². The lowest BCUT2D eigenvalue weighted by molar-refractivity contribution is -0.122. The number of aryl methyl sites for hydroxylation is 2. The fourth-order valence-electron chi connectivity index (χ4n) is 3.49. The molecule has 0 fully saturated rings. The minimum atomic E-state index is -3.90. The van der Waals surface area contributed by atoms with Gasteiger partial charge in [-0.2, -0.15) is 0 Å². The third-order valence-electron chi connectivity index (χ3n) is 5.22. The molecule has 7 nitrogen and oxygen atoms in total. The summed E-state index contributed by atoms with van der Waals surface area (Å²) >= 11 is 0. The lowest BCUT2D eigenvalue weighted by Gasteiger charge is -2.35. The van der Waals surface area contributed by atoms with E-state index in [0.29, 0.717) is 22.9 Å². The number of ether oxygens (including phenoxy) is 2. The molecule has 1 aliphatic heterocycles. The maximum Gasteiger partial charge on any atom is 0.267 e.